The van der Waals surface area contributed by atoms with Crippen molar-refractivity contribution < 1.29 is 0 Å². The Morgan fingerprint density at radius 2 is 2.00 bits per heavy atom. The second-order valence-electron chi connectivity index (χ2n) is 5.58. The molecule has 0 aliphatic heterocycles. The van der Waals surface area contributed by atoms with Gasteiger partial charge in [-0.25, -0.2) is 9.89 Å². The highest BCUT2D eigenvalue weighted by Gasteiger charge is 2.12. The Bertz CT molecular complexity index is 710. The zero-order valence-electron chi connectivity index (χ0n) is 12.8. The minimum absolute atomic E-state index is 0.432. The number of hydrogen-bond donors (Lipinski definition) is 3. The summed E-state index contributed by atoms with van der Waals surface area (Å²) in [6.45, 7) is 3.26. The van der Waals surface area contributed by atoms with Crippen molar-refractivity contribution in [2.45, 2.75) is 32.6 Å². The second kappa shape index (κ2) is 6.60. The van der Waals surface area contributed by atoms with Crippen molar-refractivity contribution in [1.29, 1.82) is 0 Å². The third-order valence-electron chi connectivity index (χ3n) is 4.00. The van der Waals surface area contributed by atoms with Crippen molar-refractivity contribution >= 4 is 11.5 Å². The van der Waals surface area contributed by atoms with E-state index in [1.807, 2.05) is 6.92 Å². The smallest absolute Gasteiger partial charge is 0.363 e. The van der Waals surface area contributed by atoms with Crippen LogP contribution >= 0.6 is 0 Å². The lowest BCUT2D eigenvalue weighted by Crippen LogP contribution is -2.21. The lowest BCUT2D eigenvalue weighted by Gasteiger charge is -2.20. The molecule has 6 heteroatoms. The van der Waals surface area contributed by atoms with Crippen molar-refractivity contribution in [3.05, 3.63) is 45.5 Å². The zero-order valence-corrected chi connectivity index (χ0v) is 12.8. The maximum atomic E-state index is 11.2. The number of aryl methyl sites for hydroxylation is 2. The fraction of sp³-hybridized carbons (Fsp3) is 0.438. The summed E-state index contributed by atoms with van der Waals surface area (Å²) in [5.74, 6) is 0.542. The first kappa shape index (κ1) is 14.6. The van der Waals surface area contributed by atoms with E-state index in [4.69, 9.17) is 0 Å². The van der Waals surface area contributed by atoms with Crippen LogP contribution in [0.15, 0.2) is 23.0 Å². The average Bonchev–Trinajstić information content (AvgIpc) is 2.54. The molecule has 3 N–H and O–H groups in total. The van der Waals surface area contributed by atoms with Crippen LogP contribution < -0.4 is 16.3 Å². The van der Waals surface area contributed by atoms with E-state index in [9.17, 15) is 4.79 Å². The normalized spacial score (nSPS) is 13.5. The highest BCUT2D eigenvalue weighted by atomic mass is 16.1. The molecule has 1 aliphatic rings. The Morgan fingerprint density at radius 1 is 1.18 bits per heavy atom. The van der Waals surface area contributed by atoms with Gasteiger partial charge in [-0.3, -0.25) is 0 Å². The minimum atomic E-state index is -0.432. The first-order chi connectivity index (χ1) is 10.7. The molecule has 0 saturated heterocycles. The summed E-state index contributed by atoms with van der Waals surface area (Å²) in [5, 5.41) is 12.8. The molecule has 2 aromatic rings. The van der Waals surface area contributed by atoms with Gasteiger partial charge in [0.1, 0.15) is 5.69 Å². The molecule has 0 unspecified atom stereocenters. The number of rotatable bonds is 5. The Hall–Kier alpha value is -2.37. The van der Waals surface area contributed by atoms with Crippen LogP contribution in [0.5, 0.6) is 0 Å². The van der Waals surface area contributed by atoms with Crippen LogP contribution in [0.3, 0.4) is 0 Å². The SMILES string of the molecule is Cc1n[nH]c(=O)nc1NCCNc1cccc2c1CCCC2. The van der Waals surface area contributed by atoms with Crippen molar-refractivity contribution in [3.63, 3.8) is 0 Å². The minimum Gasteiger partial charge on any atom is -0.383 e. The van der Waals surface area contributed by atoms with E-state index in [0.29, 0.717) is 18.1 Å². The maximum Gasteiger partial charge on any atom is 0.363 e. The van der Waals surface area contributed by atoms with Crippen LogP contribution in [-0.4, -0.2) is 28.3 Å². The van der Waals surface area contributed by atoms with Crippen LogP contribution in [0.4, 0.5) is 11.5 Å². The van der Waals surface area contributed by atoms with Crippen molar-refractivity contribution in [2.75, 3.05) is 23.7 Å². The van der Waals surface area contributed by atoms with Gasteiger partial charge >= 0.3 is 5.69 Å². The van der Waals surface area contributed by atoms with Gasteiger partial charge in [-0.1, -0.05) is 12.1 Å². The van der Waals surface area contributed by atoms with E-state index in [0.717, 1.165) is 13.0 Å². The fourth-order valence-corrected chi connectivity index (χ4v) is 2.88. The Labute approximate surface area is 129 Å². The number of nitrogens with one attached hydrogen (secondary N) is 3. The number of aromatic amines is 1. The van der Waals surface area contributed by atoms with E-state index in [2.05, 4.69) is 44.0 Å². The predicted octanol–water partition coefficient (Wildman–Crippen LogP) is 1.88. The van der Waals surface area contributed by atoms with E-state index >= 15 is 0 Å². The van der Waals surface area contributed by atoms with Crippen molar-refractivity contribution in [1.82, 2.24) is 15.2 Å². The summed E-state index contributed by atoms with van der Waals surface area (Å²) in [4.78, 5) is 15.0. The van der Waals surface area contributed by atoms with E-state index in [-0.39, 0.29) is 0 Å². The van der Waals surface area contributed by atoms with Gasteiger partial charge in [0, 0.05) is 18.8 Å². The van der Waals surface area contributed by atoms with Crippen LogP contribution in [-0.2, 0) is 12.8 Å². The molecule has 22 heavy (non-hydrogen) atoms. The molecule has 0 bridgehead atoms. The molecule has 1 aromatic carbocycles. The van der Waals surface area contributed by atoms with Gasteiger partial charge in [-0.2, -0.15) is 10.1 Å². The lowest BCUT2D eigenvalue weighted by molar-refractivity contribution is 0.686. The number of nitrogens with zero attached hydrogens (tertiary/aromatic N) is 2. The highest BCUT2D eigenvalue weighted by Crippen LogP contribution is 2.27. The van der Waals surface area contributed by atoms with Gasteiger partial charge in [0.15, 0.2) is 5.82 Å². The Morgan fingerprint density at radius 3 is 2.91 bits per heavy atom. The van der Waals surface area contributed by atoms with Gasteiger partial charge in [-0.15, -0.1) is 0 Å². The Balaban J connectivity index is 1.58. The fourth-order valence-electron chi connectivity index (χ4n) is 2.88. The monoisotopic (exact) mass is 299 g/mol. The standard InChI is InChI=1S/C16H21N5O/c1-11-15(19-16(22)21-20-11)18-10-9-17-14-8-4-6-12-5-2-3-7-13(12)14/h4,6,8,17H,2-3,5,7,9-10H2,1H3,(H2,18,19,21,22). The average molecular weight is 299 g/mol. The van der Waals surface area contributed by atoms with Crippen LogP contribution in [0.25, 0.3) is 0 Å². The molecular formula is C16H21N5O. The number of anilines is 2. The number of benzene rings is 1. The van der Waals surface area contributed by atoms with Crippen LogP contribution in [0.1, 0.15) is 29.7 Å². The van der Waals surface area contributed by atoms with Gasteiger partial charge in [-0.05, 0) is 49.8 Å². The maximum absolute atomic E-state index is 11.2. The van der Waals surface area contributed by atoms with E-state index in [1.54, 1.807) is 0 Å². The first-order valence-electron chi connectivity index (χ1n) is 7.76. The third-order valence-corrected chi connectivity index (χ3v) is 4.00. The summed E-state index contributed by atoms with van der Waals surface area (Å²) in [5.41, 5.74) is 4.42. The molecule has 0 radical (unpaired) electrons. The van der Waals surface area contributed by atoms with Gasteiger partial charge in [0.2, 0.25) is 0 Å². The predicted molar refractivity (Wildman–Crippen MR) is 87.5 cm³/mol. The molecule has 1 aromatic heterocycles. The molecule has 3 rings (SSSR count). The molecule has 1 heterocycles. The van der Waals surface area contributed by atoms with Crippen LogP contribution in [0, 0.1) is 6.92 Å². The molecule has 0 spiro atoms. The van der Waals surface area contributed by atoms with Gasteiger partial charge < -0.3 is 10.6 Å². The summed E-state index contributed by atoms with van der Waals surface area (Å²) >= 11 is 0. The largest absolute Gasteiger partial charge is 0.383 e. The molecule has 1 aliphatic carbocycles. The molecule has 0 fully saturated rings. The molecule has 0 atom stereocenters. The zero-order chi connectivity index (χ0) is 15.4. The van der Waals surface area contributed by atoms with Gasteiger partial charge in [0.05, 0.1) is 0 Å². The topological polar surface area (TPSA) is 82.7 Å². The first-order valence-corrected chi connectivity index (χ1v) is 7.76. The van der Waals surface area contributed by atoms with E-state index < -0.39 is 5.69 Å². The summed E-state index contributed by atoms with van der Waals surface area (Å²) < 4.78 is 0. The summed E-state index contributed by atoms with van der Waals surface area (Å²) in [6.07, 6.45) is 4.90. The number of fused-ring (bicyclic) bond motifs is 1. The molecule has 6 nitrogen and oxygen atoms in total. The summed E-state index contributed by atoms with van der Waals surface area (Å²) in [7, 11) is 0. The van der Waals surface area contributed by atoms with Crippen LogP contribution in [0.2, 0.25) is 0 Å². The lowest BCUT2D eigenvalue weighted by atomic mass is 9.90. The Kier molecular flexibility index (Phi) is 4.37. The van der Waals surface area contributed by atoms with Gasteiger partial charge in [0.25, 0.3) is 0 Å². The quantitative estimate of drug-likeness (QED) is 0.734. The van der Waals surface area contributed by atoms with Crippen molar-refractivity contribution in [2.24, 2.45) is 0 Å². The molecule has 0 saturated carbocycles. The van der Waals surface area contributed by atoms with Crippen molar-refractivity contribution in [3.8, 4) is 0 Å². The number of H-pyrrole nitrogens is 1. The molecule has 0 amide bonds. The third kappa shape index (κ3) is 3.27. The second-order valence-corrected chi connectivity index (χ2v) is 5.58. The van der Waals surface area contributed by atoms with E-state index in [1.165, 1.54) is 36.1 Å². The number of hydrogen-bond acceptors (Lipinski definition) is 5. The molecule has 116 valence electrons. The molecular weight excluding hydrogens is 278 g/mol. The highest BCUT2D eigenvalue weighted by molar-refractivity contribution is 5.55. The summed E-state index contributed by atoms with van der Waals surface area (Å²) in [6, 6.07) is 6.49. The number of aromatic nitrogens is 3.